The Morgan fingerprint density at radius 2 is 1.85 bits per heavy atom. The first-order valence-corrected chi connectivity index (χ1v) is 10.6. The Balaban J connectivity index is 1.18. The van der Waals surface area contributed by atoms with E-state index in [-0.39, 0.29) is 0 Å². The van der Waals surface area contributed by atoms with Gasteiger partial charge in [-0.1, -0.05) is 49.2 Å². The molecule has 1 heterocycles. The zero-order valence-corrected chi connectivity index (χ0v) is 16.3. The Kier molecular flexibility index (Phi) is 6.44. The van der Waals surface area contributed by atoms with Crippen LogP contribution in [0.2, 0.25) is 0 Å². The second-order valence-electron chi connectivity index (χ2n) is 8.01. The summed E-state index contributed by atoms with van der Waals surface area (Å²) in [6.07, 6.45) is 7.67. The Morgan fingerprint density at radius 1 is 1.00 bits per heavy atom. The molecule has 0 amide bonds. The molecule has 1 fully saturated rings. The third-order valence-corrected chi connectivity index (χ3v) is 5.95. The molecular formula is C24H32N2O. The molecule has 0 atom stereocenters. The number of hydrogen-bond acceptors (Lipinski definition) is 3. The third kappa shape index (κ3) is 5.33. The van der Waals surface area contributed by atoms with Gasteiger partial charge in [0.1, 0.15) is 5.75 Å². The lowest BCUT2D eigenvalue weighted by Gasteiger charge is -2.28. The fourth-order valence-corrected chi connectivity index (χ4v) is 4.36. The second kappa shape index (κ2) is 9.38. The Hall–Kier alpha value is -1.84. The van der Waals surface area contributed by atoms with E-state index in [4.69, 9.17) is 4.74 Å². The minimum absolute atomic E-state index is 0.712. The minimum Gasteiger partial charge on any atom is -0.494 e. The molecule has 1 aliphatic heterocycles. The number of rotatable bonds is 8. The van der Waals surface area contributed by atoms with Crippen molar-refractivity contribution in [2.75, 3.05) is 19.7 Å². The molecule has 1 aliphatic carbocycles. The van der Waals surface area contributed by atoms with Crippen LogP contribution in [0.3, 0.4) is 0 Å². The molecule has 0 saturated heterocycles. The fraction of sp³-hybridized carbons (Fsp3) is 0.500. The number of hydrogen-bond donors (Lipinski definition) is 1. The van der Waals surface area contributed by atoms with Gasteiger partial charge in [-0.15, -0.1) is 0 Å². The van der Waals surface area contributed by atoms with Gasteiger partial charge in [0, 0.05) is 32.2 Å². The molecule has 0 unspecified atom stereocenters. The summed E-state index contributed by atoms with van der Waals surface area (Å²) in [5, 5.41) is 3.68. The number of benzene rings is 2. The highest BCUT2D eigenvalue weighted by Gasteiger charge is 2.15. The molecule has 3 nitrogen and oxygen atoms in total. The van der Waals surface area contributed by atoms with E-state index in [2.05, 4.69) is 58.7 Å². The molecule has 2 aromatic carbocycles. The topological polar surface area (TPSA) is 24.5 Å². The summed E-state index contributed by atoms with van der Waals surface area (Å²) in [5.74, 6) is 1.00. The van der Waals surface area contributed by atoms with Crippen LogP contribution in [-0.2, 0) is 19.5 Å². The van der Waals surface area contributed by atoms with Gasteiger partial charge in [-0.05, 0) is 54.5 Å². The Labute approximate surface area is 163 Å². The van der Waals surface area contributed by atoms with Gasteiger partial charge >= 0.3 is 0 Å². The first-order chi connectivity index (χ1) is 13.4. The van der Waals surface area contributed by atoms with Crippen molar-refractivity contribution in [3.63, 3.8) is 0 Å². The predicted octanol–water partition coefficient (Wildman–Crippen LogP) is 4.55. The maximum absolute atomic E-state index is 6.02. The van der Waals surface area contributed by atoms with Crippen LogP contribution in [0.15, 0.2) is 48.5 Å². The van der Waals surface area contributed by atoms with Crippen molar-refractivity contribution in [1.29, 1.82) is 0 Å². The highest BCUT2D eigenvalue weighted by atomic mass is 16.5. The lowest BCUT2D eigenvalue weighted by atomic mass is 10.00. The third-order valence-electron chi connectivity index (χ3n) is 5.95. The number of nitrogens with one attached hydrogen (secondary N) is 1. The van der Waals surface area contributed by atoms with Crippen LogP contribution in [0.4, 0.5) is 0 Å². The molecule has 0 spiro atoms. The molecule has 27 heavy (non-hydrogen) atoms. The van der Waals surface area contributed by atoms with Crippen molar-refractivity contribution in [3.8, 4) is 5.75 Å². The smallest absolute Gasteiger partial charge is 0.119 e. The van der Waals surface area contributed by atoms with Gasteiger partial charge < -0.3 is 10.1 Å². The molecular weight excluding hydrogens is 332 g/mol. The standard InChI is InChI=1S/C24H32N2O/c1-2-9-22-19-26(15-13-21(22)8-1)14-6-16-27-24-12-5-7-20(17-24)18-25-23-10-3-4-11-23/h1-2,5,7-9,12,17,23,25H,3-4,6,10-11,13-16,18-19H2. The average molecular weight is 365 g/mol. The second-order valence-corrected chi connectivity index (χ2v) is 8.01. The largest absolute Gasteiger partial charge is 0.494 e. The van der Waals surface area contributed by atoms with Crippen LogP contribution < -0.4 is 10.1 Å². The first-order valence-electron chi connectivity index (χ1n) is 10.6. The van der Waals surface area contributed by atoms with Gasteiger partial charge in [0.05, 0.1) is 6.61 Å². The van der Waals surface area contributed by atoms with Gasteiger partial charge in [-0.3, -0.25) is 4.90 Å². The summed E-state index contributed by atoms with van der Waals surface area (Å²) in [6, 6.07) is 18.1. The molecule has 144 valence electrons. The van der Waals surface area contributed by atoms with E-state index in [1.54, 1.807) is 0 Å². The van der Waals surface area contributed by atoms with E-state index < -0.39 is 0 Å². The van der Waals surface area contributed by atoms with E-state index in [9.17, 15) is 0 Å². The van der Waals surface area contributed by atoms with Crippen LogP contribution in [0.1, 0.15) is 48.8 Å². The Morgan fingerprint density at radius 3 is 2.74 bits per heavy atom. The van der Waals surface area contributed by atoms with E-state index in [1.165, 1.54) is 55.3 Å². The molecule has 1 saturated carbocycles. The summed E-state index contributed by atoms with van der Waals surface area (Å²) in [6.45, 7) is 5.10. The SMILES string of the molecule is c1cc(CNC2CCCC2)cc(OCCCN2CCc3ccccc3C2)c1. The van der Waals surface area contributed by atoms with Gasteiger partial charge in [-0.25, -0.2) is 0 Å². The van der Waals surface area contributed by atoms with Crippen LogP contribution in [0.25, 0.3) is 0 Å². The summed E-state index contributed by atoms with van der Waals surface area (Å²) < 4.78 is 6.02. The lowest BCUT2D eigenvalue weighted by molar-refractivity contribution is 0.221. The van der Waals surface area contributed by atoms with Gasteiger partial charge in [-0.2, -0.15) is 0 Å². The number of fused-ring (bicyclic) bond motifs is 1. The number of ether oxygens (including phenoxy) is 1. The number of nitrogens with zero attached hydrogens (tertiary/aromatic N) is 1. The van der Waals surface area contributed by atoms with Crippen LogP contribution in [0.5, 0.6) is 5.75 Å². The molecule has 0 radical (unpaired) electrons. The van der Waals surface area contributed by atoms with Crippen molar-refractivity contribution in [1.82, 2.24) is 10.2 Å². The predicted molar refractivity (Wildman–Crippen MR) is 111 cm³/mol. The maximum atomic E-state index is 6.02. The molecule has 0 bridgehead atoms. The van der Waals surface area contributed by atoms with Crippen molar-refractivity contribution in [2.24, 2.45) is 0 Å². The Bertz CT molecular complexity index is 724. The molecule has 2 aromatic rings. The molecule has 3 heteroatoms. The summed E-state index contributed by atoms with van der Waals surface area (Å²) >= 11 is 0. The van der Waals surface area contributed by atoms with Crippen molar-refractivity contribution < 1.29 is 4.74 Å². The van der Waals surface area contributed by atoms with Crippen molar-refractivity contribution in [2.45, 2.75) is 57.7 Å². The van der Waals surface area contributed by atoms with E-state index in [0.29, 0.717) is 6.04 Å². The van der Waals surface area contributed by atoms with Crippen molar-refractivity contribution >= 4 is 0 Å². The fourth-order valence-electron chi connectivity index (χ4n) is 4.36. The highest BCUT2D eigenvalue weighted by molar-refractivity contribution is 5.29. The van der Waals surface area contributed by atoms with Crippen LogP contribution in [0, 0.1) is 0 Å². The molecule has 2 aliphatic rings. The van der Waals surface area contributed by atoms with Gasteiger partial charge in [0.15, 0.2) is 0 Å². The van der Waals surface area contributed by atoms with E-state index in [1.807, 2.05) is 0 Å². The average Bonchev–Trinajstić information content (AvgIpc) is 3.24. The van der Waals surface area contributed by atoms with E-state index >= 15 is 0 Å². The highest BCUT2D eigenvalue weighted by Crippen LogP contribution is 2.20. The minimum atomic E-state index is 0.712. The molecule has 1 N–H and O–H groups in total. The lowest BCUT2D eigenvalue weighted by Crippen LogP contribution is -2.31. The van der Waals surface area contributed by atoms with Gasteiger partial charge in [0.25, 0.3) is 0 Å². The zero-order chi connectivity index (χ0) is 18.3. The van der Waals surface area contributed by atoms with E-state index in [0.717, 1.165) is 38.4 Å². The van der Waals surface area contributed by atoms with Crippen LogP contribution >= 0.6 is 0 Å². The normalized spacial score (nSPS) is 17.8. The van der Waals surface area contributed by atoms with Gasteiger partial charge in [0.2, 0.25) is 0 Å². The monoisotopic (exact) mass is 364 g/mol. The summed E-state index contributed by atoms with van der Waals surface area (Å²) in [7, 11) is 0. The summed E-state index contributed by atoms with van der Waals surface area (Å²) in [5.41, 5.74) is 4.34. The first kappa shape index (κ1) is 18.5. The summed E-state index contributed by atoms with van der Waals surface area (Å²) in [4.78, 5) is 2.55. The van der Waals surface area contributed by atoms with Crippen LogP contribution in [-0.4, -0.2) is 30.6 Å². The molecule has 4 rings (SSSR count). The maximum Gasteiger partial charge on any atom is 0.119 e. The molecule has 0 aromatic heterocycles. The zero-order valence-electron chi connectivity index (χ0n) is 16.3. The quantitative estimate of drug-likeness (QED) is 0.696. The van der Waals surface area contributed by atoms with Crippen molar-refractivity contribution in [3.05, 3.63) is 65.2 Å².